The van der Waals surface area contributed by atoms with Crippen LogP contribution in [0.1, 0.15) is 11.1 Å². The zero-order chi connectivity index (χ0) is 16.6. The van der Waals surface area contributed by atoms with Gasteiger partial charge in [-0.15, -0.1) is 22.7 Å². The third-order valence-corrected chi connectivity index (χ3v) is 6.51. The van der Waals surface area contributed by atoms with Crippen molar-refractivity contribution in [3.63, 3.8) is 0 Å². The van der Waals surface area contributed by atoms with E-state index in [1.54, 1.807) is 11.3 Å². The van der Waals surface area contributed by atoms with Gasteiger partial charge in [0.15, 0.2) is 0 Å². The van der Waals surface area contributed by atoms with Crippen LogP contribution in [0.5, 0.6) is 0 Å². The molecule has 0 fully saturated rings. The summed E-state index contributed by atoms with van der Waals surface area (Å²) < 4.78 is 0. The first-order chi connectivity index (χ1) is 12.4. The van der Waals surface area contributed by atoms with Gasteiger partial charge in [0.1, 0.15) is 5.00 Å². The van der Waals surface area contributed by atoms with Gasteiger partial charge in [0.05, 0.1) is 11.4 Å². The zero-order valence-electron chi connectivity index (χ0n) is 13.4. The first kappa shape index (κ1) is 14.7. The third kappa shape index (κ3) is 2.53. The van der Waals surface area contributed by atoms with E-state index in [-0.39, 0.29) is 0 Å². The molecule has 1 aliphatic rings. The summed E-state index contributed by atoms with van der Waals surface area (Å²) in [7, 11) is 0. The topological polar surface area (TPSA) is 3.24 Å². The molecular weight excluding hydrogens is 342 g/mol. The Labute approximate surface area is 155 Å². The lowest BCUT2D eigenvalue weighted by molar-refractivity contribution is 1.31. The Morgan fingerprint density at radius 1 is 0.600 bits per heavy atom. The maximum absolute atomic E-state index is 2.38. The van der Waals surface area contributed by atoms with Gasteiger partial charge in [0.25, 0.3) is 0 Å². The average Bonchev–Trinajstić information content (AvgIpc) is 3.31. The molecule has 0 atom stereocenters. The molecule has 120 valence electrons. The Balaban J connectivity index is 1.71. The number of benzene rings is 2. The van der Waals surface area contributed by atoms with Gasteiger partial charge in [-0.3, -0.25) is 0 Å². The van der Waals surface area contributed by atoms with Crippen LogP contribution in [0, 0.1) is 0 Å². The summed E-state index contributed by atoms with van der Waals surface area (Å²) in [4.78, 5) is 5.02. The standard InChI is InChI=1S/C22H15NS2/c1-3-8-18-16(6-1)11-12-17-7-2-4-9-19(17)23(18)22-14-13-21(25-22)20-10-5-15-24-20/h1-15H. The van der Waals surface area contributed by atoms with Crippen molar-refractivity contribution < 1.29 is 0 Å². The number of hydrogen-bond acceptors (Lipinski definition) is 3. The molecule has 25 heavy (non-hydrogen) atoms. The molecule has 0 radical (unpaired) electrons. The number of fused-ring (bicyclic) bond motifs is 2. The second kappa shape index (κ2) is 6.03. The van der Waals surface area contributed by atoms with E-state index in [0.717, 1.165) is 0 Å². The highest BCUT2D eigenvalue weighted by molar-refractivity contribution is 7.23. The lowest BCUT2D eigenvalue weighted by Crippen LogP contribution is -2.09. The number of hydrogen-bond donors (Lipinski definition) is 0. The van der Waals surface area contributed by atoms with Gasteiger partial charge in [-0.2, -0.15) is 0 Å². The summed E-state index contributed by atoms with van der Waals surface area (Å²) >= 11 is 3.63. The summed E-state index contributed by atoms with van der Waals surface area (Å²) in [5, 5.41) is 3.38. The Morgan fingerprint density at radius 3 is 1.92 bits per heavy atom. The summed E-state index contributed by atoms with van der Waals surface area (Å²) in [6.45, 7) is 0. The van der Waals surface area contributed by atoms with Gasteiger partial charge >= 0.3 is 0 Å². The van der Waals surface area contributed by atoms with E-state index in [1.807, 2.05) is 11.3 Å². The van der Waals surface area contributed by atoms with E-state index in [0.29, 0.717) is 0 Å². The smallest absolute Gasteiger partial charge is 0.101 e. The minimum atomic E-state index is 1.23. The van der Waals surface area contributed by atoms with Crippen LogP contribution in [0.2, 0.25) is 0 Å². The number of para-hydroxylation sites is 2. The first-order valence-electron chi connectivity index (χ1n) is 8.20. The molecule has 3 heterocycles. The van der Waals surface area contributed by atoms with Crippen molar-refractivity contribution in [2.75, 3.05) is 4.90 Å². The van der Waals surface area contributed by atoms with Crippen molar-refractivity contribution in [2.45, 2.75) is 0 Å². The number of thiophene rings is 2. The SMILES string of the molecule is C1=Cc2ccccc2N(c2ccc(-c3cccs3)s2)c2ccccc21. The van der Waals surface area contributed by atoms with Crippen LogP contribution in [-0.4, -0.2) is 0 Å². The minimum absolute atomic E-state index is 1.23. The molecule has 0 N–H and O–H groups in total. The fourth-order valence-corrected chi connectivity index (χ4v) is 5.08. The van der Waals surface area contributed by atoms with Crippen LogP contribution in [0.4, 0.5) is 16.4 Å². The quantitative estimate of drug-likeness (QED) is 0.317. The predicted octanol–water partition coefficient (Wildman–Crippen LogP) is 7.43. The number of nitrogens with zero attached hydrogens (tertiary/aromatic N) is 1. The van der Waals surface area contributed by atoms with Crippen molar-refractivity contribution in [3.05, 3.63) is 89.3 Å². The lowest BCUT2D eigenvalue weighted by Gasteiger charge is -2.25. The van der Waals surface area contributed by atoms with E-state index in [9.17, 15) is 0 Å². The second-order valence-electron chi connectivity index (χ2n) is 5.90. The Bertz CT molecular complexity index is 1010. The normalized spacial score (nSPS) is 12.6. The van der Waals surface area contributed by atoms with Gasteiger partial charge in [0.2, 0.25) is 0 Å². The average molecular weight is 358 g/mol. The summed E-state index contributed by atoms with van der Waals surface area (Å²) in [6, 6.07) is 25.9. The molecule has 0 amide bonds. The Kier molecular flexibility index (Phi) is 3.54. The highest BCUT2D eigenvalue weighted by Crippen LogP contribution is 2.46. The zero-order valence-corrected chi connectivity index (χ0v) is 15.1. The second-order valence-corrected chi connectivity index (χ2v) is 7.91. The van der Waals surface area contributed by atoms with E-state index in [4.69, 9.17) is 0 Å². The van der Waals surface area contributed by atoms with Gasteiger partial charge in [-0.25, -0.2) is 0 Å². The van der Waals surface area contributed by atoms with Crippen LogP contribution >= 0.6 is 22.7 Å². The molecule has 0 aliphatic carbocycles. The maximum atomic E-state index is 2.38. The molecule has 0 unspecified atom stereocenters. The van der Waals surface area contributed by atoms with Crippen LogP contribution < -0.4 is 4.90 Å². The lowest BCUT2D eigenvalue weighted by atomic mass is 10.1. The number of anilines is 3. The molecule has 0 saturated heterocycles. The fourth-order valence-electron chi connectivity index (χ4n) is 3.21. The van der Waals surface area contributed by atoms with Gasteiger partial charge < -0.3 is 4.90 Å². The Hall–Kier alpha value is -2.62. The molecule has 1 nitrogen and oxygen atoms in total. The van der Waals surface area contributed by atoms with E-state index < -0.39 is 0 Å². The molecular formula is C22H15NS2. The Morgan fingerprint density at radius 2 is 1.28 bits per heavy atom. The minimum Gasteiger partial charge on any atom is -0.301 e. The highest BCUT2D eigenvalue weighted by atomic mass is 32.1. The summed E-state index contributed by atoms with van der Waals surface area (Å²) in [6.07, 6.45) is 4.42. The van der Waals surface area contributed by atoms with Crippen molar-refractivity contribution in [1.29, 1.82) is 0 Å². The molecule has 2 aromatic carbocycles. The predicted molar refractivity (Wildman–Crippen MR) is 111 cm³/mol. The van der Waals surface area contributed by atoms with Crippen LogP contribution in [0.3, 0.4) is 0 Å². The third-order valence-electron chi connectivity index (χ3n) is 4.37. The van der Waals surface area contributed by atoms with Crippen molar-refractivity contribution in [3.8, 4) is 9.75 Å². The van der Waals surface area contributed by atoms with E-state index in [1.165, 1.54) is 37.3 Å². The monoisotopic (exact) mass is 357 g/mol. The molecule has 2 aromatic heterocycles. The van der Waals surface area contributed by atoms with Gasteiger partial charge in [-0.1, -0.05) is 54.6 Å². The molecule has 0 saturated carbocycles. The van der Waals surface area contributed by atoms with Gasteiger partial charge in [0, 0.05) is 9.75 Å². The summed E-state index contributed by atoms with van der Waals surface area (Å²) in [5.41, 5.74) is 4.93. The van der Waals surface area contributed by atoms with Crippen molar-refractivity contribution in [1.82, 2.24) is 0 Å². The first-order valence-corrected chi connectivity index (χ1v) is 9.90. The molecule has 3 heteroatoms. The molecule has 5 rings (SSSR count). The van der Waals surface area contributed by atoms with E-state index >= 15 is 0 Å². The molecule has 4 aromatic rings. The van der Waals surface area contributed by atoms with Crippen LogP contribution in [0.15, 0.2) is 78.2 Å². The van der Waals surface area contributed by atoms with E-state index in [2.05, 4.69) is 95.2 Å². The van der Waals surface area contributed by atoms with Gasteiger partial charge in [-0.05, 0) is 46.8 Å². The number of rotatable bonds is 2. The van der Waals surface area contributed by atoms with Crippen molar-refractivity contribution in [2.24, 2.45) is 0 Å². The van der Waals surface area contributed by atoms with Crippen LogP contribution in [0.25, 0.3) is 21.9 Å². The fraction of sp³-hybridized carbons (Fsp3) is 0. The van der Waals surface area contributed by atoms with Crippen LogP contribution in [-0.2, 0) is 0 Å². The van der Waals surface area contributed by atoms with Crippen molar-refractivity contribution >= 4 is 51.2 Å². The summed E-state index contributed by atoms with van der Waals surface area (Å²) in [5.74, 6) is 0. The highest BCUT2D eigenvalue weighted by Gasteiger charge is 2.21. The largest absolute Gasteiger partial charge is 0.301 e. The molecule has 0 spiro atoms. The molecule has 1 aliphatic heterocycles. The maximum Gasteiger partial charge on any atom is 0.101 e. The molecule has 0 bridgehead atoms.